The fourth-order valence-electron chi connectivity index (χ4n) is 1.49. The Labute approximate surface area is 134 Å². The highest BCUT2D eigenvalue weighted by molar-refractivity contribution is 5.87. The average molecular weight is 322 g/mol. The number of hydrogen-bond acceptors (Lipinski definition) is 5. The van der Waals surface area contributed by atoms with Crippen LogP contribution in [0.25, 0.3) is 0 Å². The number of hydrogen-bond donors (Lipinski definition) is 4. The van der Waals surface area contributed by atoms with Crippen LogP contribution in [0.2, 0.25) is 0 Å². The van der Waals surface area contributed by atoms with E-state index < -0.39 is 23.9 Å². The third-order valence-electron chi connectivity index (χ3n) is 2.95. The predicted molar refractivity (Wildman–Crippen MR) is 83.7 cm³/mol. The Kier molecular flexibility index (Phi) is 7.55. The number of nitrogens with two attached hydrogens (primary N) is 1. The SMILES string of the molecule is CC(C)[C@@H](N)C(=O)NNC(=O)CNC(=O)OCc1ccccc1. The normalized spacial score (nSPS) is 11.5. The van der Waals surface area contributed by atoms with E-state index in [1.165, 1.54) is 0 Å². The molecule has 0 radical (unpaired) electrons. The predicted octanol–water partition coefficient (Wildman–Crippen LogP) is 0.0435. The van der Waals surface area contributed by atoms with Gasteiger partial charge in [-0.15, -0.1) is 0 Å². The molecule has 0 aromatic heterocycles. The molecule has 23 heavy (non-hydrogen) atoms. The summed E-state index contributed by atoms with van der Waals surface area (Å²) in [7, 11) is 0. The Morgan fingerprint density at radius 1 is 1.13 bits per heavy atom. The lowest BCUT2D eigenvalue weighted by atomic mass is 10.1. The molecular weight excluding hydrogens is 300 g/mol. The summed E-state index contributed by atoms with van der Waals surface area (Å²) in [5, 5.41) is 2.27. The number of nitrogens with one attached hydrogen (secondary N) is 3. The maximum Gasteiger partial charge on any atom is 0.407 e. The van der Waals surface area contributed by atoms with Crippen LogP contribution >= 0.6 is 0 Å². The molecule has 0 spiro atoms. The molecular formula is C15H22N4O4. The summed E-state index contributed by atoms with van der Waals surface area (Å²) in [6.45, 7) is 3.35. The topological polar surface area (TPSA) is 123 Å². The van der Waals surface area contributed by atoms with Gasteiger partial charge in [0.2, 0.25) is 0 Å². The summed E-state index contributed by atoms with van der Waals surface area (Å²) in [5.74, 6) is -1.15. The van der Waals surface area contributed by atoms with Gasteiger partial charge in [0.1, 0.15) is 13.2 Å². The van der Waals surface area contributed by atoms with Gasteiger partial charge in [0.25, 0.3) is 11.8 Å². The molecule has 0 heterocycles. The van der Waals surface area contributed by atoms with Crippen molar-refractivity contribution in [3.8, 4) is 0 Å². The van der Waals surface area contributed by atoms with E-state index in [1.54, 1.807) is 13.8 Å². The standard InChI is InChI=1S/C15H22N4O4/c1-10(2)13(16)14(21)19-18-12(20)8-17-15(22)23-9-11-6-4-3-5-7-11/h3-7,10,13H,8-9,16H2,1-2H3,(H,17,22)(H,18,20)(H,19,21)/t13-/m1/s1. The number of carbonyl (C=O) groups excluding carboxylic acids is 3. The first kappa shape index (κ1) is 18.4. The smallest absolute Gasteiger partial charge is 0.407 e. The quantitative estimate of drug-likeness (QED) is 0.551. The maximum absolute atomic E-state index is 11.5. The Balaban J connectivity index is 2.20. The van der Waals surface area contributed by atoms with E-state index in [2.05, 4.69) is 16.2 Å². The second kappa shape index (κ2) is 9.42. The van der Waals surface area contributed by atoms with Crippen LogP contribution in [0.1, 0.15) is 19.4 Å². The molecule has 3 amide bonds. The number of benzene rings is 1. The largest absolute Gasteiger partial charge is 0.445 e. The van der Waals surface area contributed by atoms with Crippen molar-refractivity contribution in [2.24, 2.45) is 11.7 Å². The lowest BCUT2D eigenvalue weighted by Gasteiger charge is -2.15. The van der Waals surface area contributed by atoms with Gasteiger partial charge in [0.15, 0.2) is 0 Å². The minimum atomic E-state index is -0.728. The molecule has 1 aromatic rings. The lowest BCUT2D eigenvalue weighted by molar-refractivity contribution is -0.129. The number of alkyl carbamates (subject to hydrolysis) is 1. The minimum absolute atomic E-state index is 0.0574. The zero-order valence-corrected chi connectivity index (χ0v) is 13.2. The molecule has 1 atom stereocenters. The number of hydrazine groups is 1. The molecule has 0 bridgehead atoms. The molecule has 8 nitrogen and oxygen atoms in total. The van der Waals surface area contributed by atoms with E-state index in [0.717, 1.165) is 5.56 Å². The molecule has 0 aliphatic carbocycles. The van der Waals surface area contributed by atoms with Crippen molar-refractivity contribution in [2.45, 2.75) is 26.5 Å². The Hall–Kier alpha value is -2.61. The molecule has 0 fully saturated rings. The van der Waals surface area contributed by atoms with Gasteiger partial charge in [0.05, 0.1) is 6.04 Å². The summed E-state index contributed by atoms with van der Waals surface area (Å²) in [6, 6.07) is 8.41. The van der Waals surface area contributed by atoms with Crippen molar-refractivity contribution >= 4 is 17.9 Å². The van der Waals surface area contributed by atoms with E-state index in [9.17, 15) is 14.4 Å². The van der Waals surface area contributed by atoms with Crippen LogP contribution in [-0.2, 0) is 20.9 Å². The van der Waals surface area contributed by atoms with Crippen molar-refractivity contribution in [3.63, 3.8) is 0 Å². The summed E-state index contributed by atoms with van der Waals surface area (Å²) < 4.78 is 4.94. The Morgan fingerprint density at radius 3 is 2.39 bits per heavy atom. The Morgan fingerprint density at radius 2 is 1.78 bits per heavy atom. The zero-order chi connectivity index (χ0) is 17.2. The van der Waals surface area contributed by atoms with Gasteiger partial charge in [-0.05, 0) is 11.5 Å². The number of amides is 3. The molecule has 5 N–H and O–H groups in total. The van der Waals surface area contributed by atoms with E-state index >= 15 is 0 Å². The van der Waals surface area contributed by atoms with Crippen LogP contribution in [0, 0.1) is 5.92 Å². The number of rotatable bonds is 6. The second-order valence-electron chi connectivity index (χ2n) is 5.22. The van der Waals surface area contributed by atoms with Crippen LogP contribution < -0.4 is 21.9 Å². The van der Waals surface area contributed by atoms with Gasteiger partial charge in [-0.2, -0.15) is 0 Å². The highest BCUT2D eigenvalue weighted by Gasteiger charge is 2.17. The van der Waals surface area contributed by atoms with Gasteiger partial charge >= 0.3 is 6.09 Å². The van der Waals surface area contributed by atoms with E-state index in [0.29, 0.717) is 0 Å². The first-order valence-corrected chi connectivity index (χ1v) is 7.19. The third-order valence-corrected chi connectivity index (χ3v) is 2.95. The zero-order valence-electron chi connectivity index (χ0n) is 13.2. The van der Waals surface area contributed by atoms with Crippen molar-refractivity contribution < 1.29 is 19.1 Å². The van der Waals surface area contributed by atoms with Gasteiger partial charge < -0.3 is 15.8 Å². The molecule has 0 aliphatic rings. The van der Waals surface area contributed by atoms with Crippen LogP contribution in [0.4, 0.5) is 4.79 Å². The molecule has 0 aliphatic heterocycles. The van der Waals surface area contributed by atoms with E-state index in [1.807, 2.05) is 30.3 Å². The summed E-state index contributed by atoms with van der Waals surface area (Å²) in [6.07, 6.45) is -0.728. The van der Waals surface area contributed by atoms with Crippen LogP contribution in [0.5, 0.6) is 0 Å². The van der Waals surface area contributed by atoms with Gasteiger partial charge in [0, 0.05) is 0 Å². The molecule has 0 saturated heterocycles. The highest BCUT2D eigenvalue weighted by atomic mass is 16.5. The highest BCUT2D eigenvalue weighted by Crippen LogP contribution is 2.00. The van der Waals surface area contributed by atoms with Crippen molar-refractivity contribution in [3.05, 3.63) is 35.9 Å². The van der Waals surface area contributed by atoms with Crippen LogP contribution in [-0.4, -0.2) is 30.5 Å². The molecule has 126 valence electrons. The Bertz CT molecular complexity index is 534. The molecule has 0 unspecified atom stereocenters. The third kappa shape index (κ3) is 7.28. The first-order valence-electron chi connectivity index (χ1n) is 7.19. The van der Waals surface area contributed by atoms with Crippen LogP contribution in [0.3, 0.4) is 0 Å². The van der Waals surface area contributed by atoms with Crippen LogP contribution in [0.15, 0.2) is 30.3 Å². The molecule has 1 aromatic carbocycles. The van der Waals surface area contributed by atoms with Crippen molar-refractivity contribution in [1.29, 1.82) is 0 Å². The van der Waals surface area contributed by atoms with Crippen molar-refractivity contribution in [2.75, 3.05) is 6.54 Å². The average Bonchev–Trinajstić information content (AvgIpc) is 2.55. The summed E-state index contributed by atoms with van der Waals surface area (Å²) in [5.41, 5.74) is 10.8. The first-order chi connectivity index (χ1) is 10.9. The summed E-state index contributed by atoms with van der Waals surface area (Å²) in [4.78, 5) is 34.4. The fourth-order valence-corrected chi connectivity index (χ4v) is 1.49. The lowest BCUT2D eigenvalue weighted by Crippen LogP contribution is -2.52. The molecule has 0 saturated carbocycles. The molecule has 1 rings (SSSR count). The van der Waals surface area contributed by atoms with Gasteiger partial charge in [-0.3, -0.25) is 20.4 Å². The molecule has 8 heteroatoms. The second-order valence-corrected chi connectivity index (χ2v) is 5.22. The van der Waals surface area contributed by atoms with E-state index in [4.69, 9.17) is 10.5 Å². The van der Waals surface area contributed by atoms with Gasteiger partial charge in [-0.25, -0.2) is 4.79 Å². The monoisotopic (exact) mass is 322 g/mol. The number of carbonyl (C=O) groups is 3. The van der Waals surface area contributed by atoms with Gasteiger partial charge in [-0.1, -0.05) is 44.2 Å². The fraction of sp³-hybridized carbons (Fsp3) is 0.400. The number of ether oxygens (including phenoxy) is 1. The minimum Gasteiger partial charge on any atom is -0.445 e. The maximum atomic E-state index is 11.5. The van der Waals surface area contributed by atoms with E-state index in [-0.39, 0.29) is 19.1 Å². The summed E-state index contributed by atoms with van der Waals surface area (Å²) >= 11 is 0. The van der Waals surface area contributed by atoms with Crippen molar-refractivity contribution in [1.82, 2.24) is 16.2 Å².